The summed E-state index contributed by atoms with van der Waals surface area (Å²) in [6.45, 7) is 10.9. The van der Waals surface area contributed by atoms with Crippen molar-refractivity contribution in [3.63, 3.8) is 0 Å². The van der Waals surface area contributed by atoms with Crippen LogP contribution in [0.2, 0.25) is 5.02 Å². The van der Waals surface area contributed by atoms with Gasteiger partial charge in [-0.05, 0) is 27.2 Å². The van der Waals surface area contributed by atoms with Crippen molar-refractivity contribution >= 4 is 17.4 Å². The number of aromatic nitrogens is 4. The zero-order chi connectivity index (χ0) is 15.6. The summed E-state index contributed by atoms with van der Waals surface area (Å²) in [4.78, 5) is 9.21. The summed E-state index contributed by atoms with van der Waals surface area (Å²) < 4.78 is 1.81. The maximum Gasteiger partial charge on any atom is 0.162 e. The molecule has 0 aliphatic heterocycles. The second kappa shape index (κ2) is 6.43. The summed E-state index contributed by atoms with van der Waals surface area (Å²) in [5.41, 5.74) is 2.70. The van der Waals surface area contributed by atoms with Gasteiger partial charge in [-0.25, -0.2) is 14.6 Å². The fourth-order valence-electron chi connectivity index (χ4n) is 2.16. The van der Waals surface area contributed by atoms with Gasteiger partial charge < -0.3 is 5.32 Å². The van der Waals surface area contributed by atoms with Crippen LogP contribution in [0, 0.1) is 20.8 Å². The smallest absolute Gasteiger partial charge is 0.162 e. The molecule has 0 saturated heterocycles. The number of anilines is 1. The lowest BCUT2D eigenvalue weighted by molar-refractivity contribution is 0.773. The van der Waals surface area contributed by atoms with E-state index in [-0.39, 0.29) is 0 Å². The first-order valence-corrected chi connectivity index (χ1v) is 7.70. The number of hydrogen-bond acceptors (Lipinski definition) is 4. The normalized spacial score (nSPS) is 11.0. The minimum atomic E-state index is 0.689. The minimum Gasteiger partial charge on any atom is -0.370 e. The van der Waals surface area contributed by atoms with Crippen LogP contribution in [0.25, 0.3) is 5.82 Å². The Labute approximate surface area is 130 Å². The molecule has 1 N–H and O–H groups in total. The largest absolute Gasteiger partial charge is 0.370 e. The number of halogens is 1. The van der Waals surface area contributed by atoms with Crippen LogP contribution in [0.1, 0.15) is 43.0 Å². The van der Waals surface area contributed by atoms with E-state index in [1.54, 1.807) is 0 Å². The van der Waals surface area contributed by atoms with Crippen molar-refractivity contribution in [3.8, 4) is 5.82 Å². The molecule has 2 aromatic heterocycles. The summed E-state index contributed by atoms with van der Waals surface area (Å²) in [5, 5.41) is 8.56. The van der Waals surface area contributed by atoms with Gasteiger partial charge in [-0.2, -0.15) is 5.10 Å². The Bertz CT molecular complexity index is 648. The minimum absolute atomic E-state index is 0.689. The second-order valence-electron chi connectivity index (χ2n) is 5.11. The molecule has 2 aromatic rings. The Morgan fingerprint density at radius 1 is 1.14 bits per heavy atom. The Balaban J connectivity index is 2.58. The van der Waals surface area contributed by atoms with Crippen LogP contribution >= 0.6 is 11.6 Å². The number of nitrogens with one attached hydrogen (secondary N) is 1. The molecule has 0 aliphatic carbocycles. The van der Waals surface area contributed by atoms with Gasteiger partial charge >= 0.3 is 0 Å². The van der Waals surface area contributed by atoms with Crippen molar-refractivity contribution in [2.45, 2.75) is 47.5 Å². The monoisotopic (exact) mass is 307 g/mol. The zero-order valence-electron chi connectivity index (χ0n) is 13.3. The van der Waals surface area contributed by atoms with Crippen molar-refractivity contribution in [3.05, 3.63) is 27.8 Å². The first-order valence-electron chi connectivity index (χ1n) is 7.33. The molecule has 5 nitrogen and oxygen atoms in total. The molecule has 0 amide bonds. The fourth-order valence-corrected chi connectivity index (χ4v) is 2.28. The third-order valence-electron chi connectivity index (χ3n) is 3.43. The van der Waals surface area contributed by atoms with Crippen LogP contribution in [-0.4, -0.2) is 26.3 Å². The van der Waals surface area contributed by atoms with Crippen LogP contribution in [0.15, 0.2) is 0 Å². The van der Waals surface area contributed by atoms with Crippen LogP contribution in [0.5, 0.6) is 0 Å². The molecule has 6 heteroatoms. The SMILES string of the molecule is CCCNc1nc(CC)nc(-n2nc(C)c(Cl)c2C)c1C. The Hall–Kier alpha value is -1.62. The molecular formula is C15H22ClN5. The van der Waals surface area contributed by atoms with Crippen LogP contribution in [0.3, 0.4) is 0 Å². The molecule has 0 aliphatic rings. The summed E-state index contributed by atoms with van der Waals surface area (Å²) in [6.07, 6.45) is 1.83. The molecule has 0 radical (unpaired) electrons. The predicted molar refractivity (Wildman–Crippen MR) is 86.5 cm³/mol. The Morgan fingerprint density at radius 2 is 1.86 bits per heavy atom. The van der Waals surface area contributed by atoms with Crippen molar-refractivity contribution in [1.29, 1.82) is 0 Å². The molecule has 0 spiro atoms. The summed E-state index contributed by atoms with van der Waals surface area (Å²) in [5.74, 6) is 2.48. The van der Waals surface area contributed by atoms with E-state index in [4.69, 9.17) is 11.6 Å². The van der Waals surface area contributed by atoms with Crippen molar-refractivity contribution in [1.82, 2.24) is 19.7 Å². The van der Waals surface area contributed by atoms with E-state index < -0.39 is 0 Å². The standard InChI is InChI=1S/C15H22ClN5/c1-6-8-17-14-9(3)15(19-12(7-2)18-14)21-11(5)13(16)10(4)20-21/h6-8H2,1-5H3,(H,17,18,19). The highest BCUT2D eigenvalue weighted by Gasteiger charge is 2.17. The van der Waals surface area contributed by atoms with Gasteiger partial charge in [-0.3, -0.25) is 0 Å². The maximum absolute atomic E-state index is 6.26. The highest BCUT2D eigenvalue weighted by atomic mass is 35.5. The lowest BCUT2D eigenvalue weighted by Crippen LogP contribution is -2.13. The topological polar surface area (TPSA) is 55.6 Å². The summed E-state index contributed by atoms with van der Waals surface area (Å²) >= 11 is 6.26. The van der Waals surface area contributed by atoms with Gasteiger partial charge in [0.2, 0.25) is 0 Å². The zero-order valence-corrected chi connectivity index (χ0v) is 14.0. The summed E-state index contributed by atoms with van der Waals surface area (Å²) in [6, 6.07) is 0. The van der Waals surface area contributed by atoms with Crippen LogP contribution in [0.4, 0.5) is 5.82 Å². The quantitative estimate of drug-likeness (QED) is 0.916. The van der Waals surface area contributed by atoms with E-state index in [1.165, 1.54) is 0 Å². The van der Waals surface area contributed by atoms with E-state index in [9.17, 15) is 0 Å². The van der Waals surface area contributed by atoms with E-state index in [1.807, 2.05) is 32.4 Å². The average molecular weight is 308 g/mol. The van der Waals surface area contributed by atoms with E-state index in [2.05, 4.69) is 27.3 Å². The molecular weight excluding hydrogens is 286 g/mol. The van der Waals surface area contributed by atoms with Gasteiger partial charge in [0.15, 0.2) is 5.82 Å². The fraction of sp³-hybridized carbons (Fsp3) is 0.533. The molecule has 0 fully saturated rings. The molecule has 2 rings (SSSR count). The van der Waals surface area contributed by atoms with Gasteiger partial charge in [-0.1, -0.05) is 25.4 Å². The third kappa shape index (κ3) is 3.02. The van der Waals surface area contributed by atoms with Gasteiger partial charge in [0, 0.05) is 18.5 Å². The van der Waals surface area contributed by atoms with Gasteiger partial charge in [0.25, 0.3) is 0 Å². The van der Waals surface area contributed by atoms with Gasteiger partial charge in [0.05, 0.1) is 16.4 Å². The molecule has 21 heavy (non-hydrogen) atoms. The Kier molecular flexibility index (Phi) is 4.83. The number of hydrogen-bond donors (Lipinski definition) is 1. The highest BCUT2D eigenvalue weighted by molar-refractivity contribution is 6.31. The highest BCUT2D eigenvalue weighted by Crippen LogP contribution is 2.25. The molecule has 0 atom stereocenters. The molecule has 0 bridgehead atoms. The van der Waals surface area contributed by atoms with Crippen molar-refractivity contribution < 1.29 is 0 Å². The predicted octanol–water partition coefficient (Wildman–Crippen LogP) is 3.63. The van der Waals surface area contributed by atoms with Gasteiger partial charge in [0.1, 0.15) is 11.6 Å². The van der Waals surface area contributed by atoms with Crippen molar-refractivity contribution in [2.24, 2.45) is 0 Å². The van der Waals surface area contributed by atoms with E-state index in [0.717, 1.165) is 53.8 Å². The molecule has 0 aromatic carbocycles. The molecule has 114 valence electrons. The van der Waals surface area contributed by atoms with E-state index in [0.29, 0.717) is 5.02 Å². The molecule has 2 heterocycles. The number of rotatable bonds is 5. The summed E-state index contributed by atoms with van der Waals surface area (Å²) in [7, 11) is 0. The maximum atomic E-state index is 6.26. The number of aryl methyl sites for hydroxylation is 2. The second-order valence-corrected chi connectivity index (χ2v) is 5.49. The van der Waals surface area contributed by atoms with Crippen LogP contribution < -0.4 is 5.32 Å². The van der Waals surface area contributed by atoms with E-state index >= 15 is 0 Å². The average Bonchev–Trinajstić information content (AvgIpc) is 2.74. The van der Waals surface area contributed by atoms with Crippen molar-refractivity contribution in [2.75, 3.05) is 11.9 Å². The number of nitrogens with zero attached hydrogens (tertiary/aromatic N) is 4. The first kappa shape index (κ1) is 15.8. The third-order valence-corrected chi connectivity index (χ3v) is 3.98. The lowest BCUT2D eigenvalue weighted by atomic mass is 10.2. The van der Waals surface area contributed by atoms with Gasteiger partial charge in [-0.15, -0.1) is 0 Å². The first-order chi connectivity index (χ1) is 9.99. The lowest BCUT2D eigenvalue weighted by Gasteiger charge is -2.14. The molecule has 0 unspecified atom stereocenters. The van der Waals surface area contributed by atoms with Crippen LogP contribution in [-0.2, 0) is 6.42 Å². The Morgan fingerprint density at radius 3 is 2.38 bits per heavy atom. The molecule has 0 saturated carbocycles.